The summed E-state index contributed by atoms with van der Waals surface area (Å²) in [5.41, 5.74) is 0.878. The normalized spacial score (nSPS) is 17.8. The van der Waals surface area contributed by atoms with Gasteiger partial charge in [0.15, 0.2) is 0 Å². The summed E-state index contributed by atoms with van der Waals surface area (Å²) in [6, 6.07) is 7.75. The summed E-state index contributed by atoms with van der Waals surface area (Å²) in [5.74, 6) is 6.76. The molecule has 1 aromatic rings. The highest BCUT2D eigenvalue weighted by Crippen LogP contribution is 2.19. The van der Waals surface area contributed by atoms with Gasteiger partial charge in [0.2, 0.25) is 0 Å². The van der Waals surface area contributed by atoms with Crippen molar-refractivity contribution < 1.29 is 14.6 Å². The maximum absolute atomic E-state index is 8.73. The van der Waals surface area contributed by atoms with Gasteiger partial charge in [-0.05, 0) is 25.0 Å². The Morgan fingerprint density at radius 3 is 3.05 bits per heavy atom. The Labute approximate surface area is 114 Å². The molecule has 3 nitrogen and oxygen atoms in total. The molecular weight excluding hydrogens is 240 g/mol. The van der Waals surface area contributed by atoms with Crippen molar-refractivity contribution in [1.29, 1.82) is 0 Å². The van der Waals surface area contributed by atoms with Gasteiger partial charge in [0, 0.05) is 19.4 Å². The lowest BCUT2D eigenvalue weighted by Crippen LogP contribution is -2.11. The first-order valence-electron chi connectivity index (χ1n) is 6.83. The van der Waals surface area contributed by atoms with Gasteiger partial charge in [0.05, 0.1) is 24.9 Å². The topological polar surface area (TPSA) is 38.7 Å². The Morgan fingerprint density at radius 2 is 2.26 bits per heavy atom. The highest BCUT2D eigenvalue weighted by molar-refractivity contribution is 5.45. The highest BCUT2D eigenvalue weighted by atomic mass is 16.5. The number of hydrogen-bond donors (Lipinski definition) is 1. The van der Waals surface area contributed by atoms with Crippen molar-refractivity contribution in [3.63, 3.8) is 0 Å². The Morgan fingerprint density at radius 1 is 1.37 bits per heavy atom. The van der Waals surface area contributed by atoms with Crippen LogP contribution in [0.5, 0.6) is 5.75 Å². The fraction of sp³-hybridized carbons (Fsp3) is 0.500. The average molecular weight is 260 g/mol. The van der Waals surface area contributed by atoms with Crippen LogP contribution in [0, 0.1) is 11.8 Å². The fourth-order valence-corrected chi connectivity index (χ4v) is 2.08. The summed E-state index contributed by atoms with van der Waals surface area (Å²) < 4.78 is 11.3. The van der Waals surface area contributed by atoms with Crippen LogP contribution in [0.25, 0.3) is 0 Å². The molecule has 3 heteroatoms. The molecule has 0 aromatic heterocycles. The second kappa shape index (κ2) is 7.83. The minimum absolute atomic E-state index is 0.0923. The van der Waals surface area contributed by atoms with Gasteiger partial charge in [-0.15, -0.1) is 0 Å². The lowest BCUT2D eigenvalue weighted by atomic mass is 10.2. The molecule has 1 N–H and O–H groups in total. The predicted molar refractivity (Wildman–Crippen MR) is 74.1 cm³/mol. The van der Waals surface area contributed by atoms with E-state index in [-0.39, 0.29) is 6.61 Å². The zero-order chi connectivity index (χ0) is 13.3. The van der Waals surface area contributed by atoms with E-state index in [0.717, 1.165) is 37.2 Å². The van der Waals surface area contributed by atoms with Gasteiger partial charge in [-0.25, -0.2) is 0 Å². The van der Waals surface area contributed by atoms with Gasteiger partial charge >= 0.3 is 0 Å². The van der Waals surface area contributed by atoms with E-state index < -0.39 is 0 Å². The summed E-state index contributed by atoms with van der Waals surface area (Å²) in [6.45, 7) is 1.63. The summed E-state index contributed by atoms with van der Waals surface area (Å²) >= 11 is 0. The second-order valence-electron chi connectivity index (χ2n) is 4.54. The summed E-state index contributed by atoms with van der Waals surface area (Å²) in [6.07, 6.45) is 4.07. The summed E-state index contributed by atoms with van der Waals surface area (Å²) in [7, 11) is 0. The van der Waals surface area contributed by atoms with Crippen LogP contribution in [0.3, 0.4) is 0 Å². The monoisotopic (exact) mass is 260 g/mol. The Balaban J connectivity index is 1.86. The van der Waals surface area contributed by atoms with E-state index >= 15 is 0 Å². The molecule has 1 fully saturated rings. The van der Waals surface area contributed by atoms with Crippen molar-refractivity contribution in [2.24, 2.45) is 0 Å². The third kappa shape index (κ3) is 4.59. The molecule has 102 valence electrons. The zero-order valence-electron chi connectivity index (χ0n) is 11.1. The Bertz CT molecular complexity index is 439. The average Bonchev–Trinajstić information content (AvgIpc) is 2.94. The van der Waals surface area contributed by atoms with Crippen molar-refractivity contribution in [3.05, 3.63) is 29.8 Å². The number of ether oxygens (including phenoxy) is 2. The SMILES string of the molecule is OCCC#Cc1ccccc1OCCC1CCCO1. The molecule has 2 rings (SSSR count). The van der Waals surface area contributed by atoms with Crippen molar-refractivity contribution in [2.75, 3.05) is 19.8 Å². The summed E-state index contributed by atoms with van der Waals surface area (Å²) in [5, 5.41) is 8.73. The molecule has 19 heavy (non-hydrogen) atoms. The first-order valence-corrected chi connectivity index (χ1v) is 6.83. The second-order valence-corrected chi connectivity index (χ2v) is 4.54. The minimum atomic E-state index is 0.0923. The Hall–Kier alpha value is -1.50. The van der Waals surface area contributed by atoms with Crippen LogP contribution in [0.1, 0.15) is 31.2 Å². The number of aliphatic hydroxyl groups is 1. The van der Waals surface area contributed by atoms with Crippen molar-refractivity contribution in [1.82, 2.24) is 0 Å². The van der Waals surface area contributed by atoms with E-state index in [9.17, 15) is 0 Å². The first-order chi connectivity index (χ1) is 9.40. The number of aliphatic hydroxyl groups excluding tert-OH is 1. The molecule has 0 radical (unpaired) electrons. The molecule has 0 saturated carbocycles. The van der Waals surface area contributed by atoms with Crippen LogP contribution in [0.15, 0.2) is 24.3 Å². The molecule has 1 aliphatic rings. The summed E-state index contributed by atoms with van der Waals surface area (Å²) in [4.78, 5) is 0. The first kappa shape index (κ1) is 13.9. The van der Waals surface area contributed by atoms with E-state index in [4.69, 9.17) is 14.6 Å². The van der Waals surface area contributed by atoms with Gasteiger partial charge in [0.25, 0.3) is 0 Å². The van der Waals surface area contributed by atoms with Crippen molar-refractivity contribution in [3.8, 4) is 17.6 Å². The van der Waals surface area contributed by atoms with Crippen LogP contribution in [-0.4, -0.2) is 31.0 Å². The predicted octanol–water partition coefficient (Wildman–Crippen LogP) is 2.37. The molecular formula is C16H20O3. The molecule has 0 bridgehead atoms. The third-order valence-electron chi connectivity index (χ3n) is 3.07. The Kier molecular flexibility index (Phi) is 5.74. The maximum atomic E-state index is 8.73. The number of rotatable bonds is 5. The number of benzene rings is 1. The van der Waals surface area contributed by atoms with Crippen LogP contribution >= 0.6 is 0 Å². The van der Waals surface area contributed by atoms with Crippen molar-refractivity contribution >= 4 is 0 Å². The zero-order valence-corrected chi connectivity index (χ0v) is 11.1. The van der Waals surface area contributed by atoms with Crippen LogP contribution in [0.4, 0.5) is 0 Å². The number of para-hydroxylation sites is 1. The smallest absolute Gasteiger partial charge is 0.134 e. The fourth-order valence-electron chi connectivity index (χ4n) is 2.08. The van der Waals surface area contributed by atoms with E-state index in [1.807, 2.05) is 24.3 Å². The van der Waals surface area contributed by atoms with E-state index in [2.05, 4.69) is 11.8 Å². The van der Waals surface area contributed by atoms with Gasteiger partial charge in [0.1, 0.15) is 5.75 Å². The molecule has 0 aliphatic carbocycles. The quantitative estimate of drug-likeness (QED) is 0.826. The van der Waals surface area contributed by atoms with E-state index in [1.54, 1.807) is 0 Å². The molecule has 0 amide bonds. The molecule has 1 aromatic carbocycles. The van der Waals surface area contributed by atoms with Gasteiger partial charge in [-0.3, -0.25) is 0 Å². The van der Waals surface area contributed by atoms with E-state index in [0.29, 0.717) is 19.1 Å². The van der Waals surface area contributed by atoms with Gasteiger partial charge < -0.3 is 14.6 Å². The van der Waals surface area contributed by atoms with E-state index in [1.165, 1.54) is 0 Å². The molecule has 1 aliphatic heterocycles. The van der Waals surface area contributed by atoms with Crippen LogP contribution in [-0.2, 0) is 4.74 Å². The van der Waals surface area contributed by atoms with Gasteiger partial charge in [-0.1, -0.05) is 24.0 Å². The van der Waals surface area contributed by atoms with Crippen molar-refractivity contribution in [2.45, 2.75) is 31.8 Å². The molecule has 0 spiro atoms. The lowest BCUT2D eigenvalue weighted by molar-refractivity contribution is 0.0903. The van der Waals surface area contributed by atoms with Gasteiger partial charge in [-0.2, -0.15) is 0 Å². The van der Waals surface area contributed by atoms with Crippen LogP contribution in [0.2, 0.25) is 0 Å². The molecule has 1 unspecified atom stereocenters. The molecule has 1 heterocycles. The molecule has 1 atom stereocenters. The number of hydrogen-bond acceptors (Lipinski definition) is 3. The lowest BCUT2D eigenvalue weighted by Gasteiger charge is -2.11. The minimum Gasteiger partial charge on any atom is -0.492 e. The van der Waals surface area contributed by atoms with Crippen LogP contribution < -0.4 is 4.74 Å². The molecule has 1 saturated heterocycles. The largest absolute Gasteiger partial charge is 0.492 e. The standard InChI is InChI=1S/C16H20O3/c17-11-4-3-7-14-6-1-2-9-16(14)19-13-10-15-8-5-12-18-15/h1-2,6,9,15,17H,4-5,8,10-13H2. The maximum Gasteiger partial charge on any atom is 0.134 e. The highest BCUT2D eigenvalue weighted by Gasteiger charge is 2.15. The third-order valence-corrected chi connectivity index (χ3v) is 3.07.